The number of thiocarbonyl (C=S) groups is 1. The molecule has 0 spiro atoms. The standard InChI is InChI=1S/C15H22ClN3OS.C4H4O4/c1-4-19(5-2)7-6-12-10-18(3)15(21)13-8-11(16)9-17-14(13)20-12;5-3(6)1-2-4(7)8/h8-9,12H,4-7,10H2,1-3H3;1-2H,(H,5,6)(H,7,8). The van der Waals surface area contributed by atoms with E-state index in [0.29, 0.717) is 23.1 Å². The molecular weight excluding hydrogens is 418 g/mol. The summed E-state index contributed by atoms with van der Waals surface area (Å²) in [6.45, 7) is 8.26. The van der Waals surface area contributed by atoms with Crippen LogP contribution < -0.4 is 4.74 Å². The van der Waals surface area contributed by atoms with Crippen molar-refractivity contribution in [2.75, 3.05) is 33.2 Å². The highest BCUT2D eigenvalue weighted by Crippen LogP contribution is 2.26. The van der Waals surface area contributed by atoms with E-state index in [-0.39, 0.29) is 6.10 Å². The first-order valence-corrected chi connectivity index (χ1v) is 9.90. The molecule has 1 atom stereocenters. The van der Waals surface area contributed by atoms with Crippen LogP contribution in [0.2, 0.25) is 5.02 Å². The molecule has 10 heteroatoms. The van der Waals surface area contributed by atoms with E-state index in [1.54, 1.807) is 6.20 Å². The third kappa shape index (κ3) is 8.76. The summed E-state index contributed by atoms with van der Waals surface area (Å²) in [5.74, 6) is -1.92. The van der Waals surface area contributed by atoms with Gasteiger partial charge in [0.1, 0.15) is 11.1 Å². The predicted octanol–water partition coefficient (Wildman–Crippen LogP) is 2.55. The van der Waals surface area contributed by atoms with Crippen molar-refractivity contribution in [2.24, 2.45) is 0 Å². The Bertz CT molecular complexity index is 739. The number of hydrogen-bond donors (Lipinski definition) is 2. The van der Waals surface area contributed by atoms with E-state index in [1.807, 2.05) is 18.0 Å². The Morgan fingerprint density at radius 1 is 1.34 bits per heavy atom. The lowest BCUT2D eigenvalue weighted by atomic mass is 10.2. The molecule has 1 aliphatic heterocycles. The quantitative estimate of drug-likeness (QED) is 0.486. The van der Waals surface area contributed by atoms with E-state index in [4.69, 9.17) is 38.8 Å². The van der Waals surface area contributed by atoms with Crippen LogP contribution in [0.25, 0.3) is 0 Å². The number of rotatable bonds is 7. The van der Waals surface area contributed by atoms with Crippen molar-refractivity contribution in [3.05, 3.63) is 35.0 Å². The maximum Gasteiger partial charge on any atom is 0.328 e. The SMILES string of the molecule is CCN(CC)CCC1CN(C)C(=S)c2cc(Cl)cnc2O1.O=C(O)C=CC(=O)O. The number of carbonyl (C=O) groups is 2. The number of nitrogens with zero attached hydrogens (tertiary/aromatic N) is 3. The maximum absolute atomic E-state index is 9.55. The molecule has 0 aromatic carbocycles. The number of pyridine rings is 1. The molecule has 8 nitrogen and oxygen atoms in total. The molecular formula is C19H26ClN3O5S. The molecule has 0 radical (unpaired) electrons. The van der Waals surface area contributed by atoms with Crippen LogP contribution in [0.1, 0.15) is 25.8 Å². The van der Waals surface area contributed by atoms with Gasteiger partial charge in [-0.15, -0.1) is 0 Å². The number of hydrogen-bond acceptors (Lipinski definition) is 6. The molecule has 160 valence electrons. The normalized spacial score (nSPS) is 16.0. The van der Waals surface area contributed by atoms with Crippen LogP contribution in [0, 0.1) is 0 Å². The molecule has 2 heterocycles. The van der Waals surface area contributed by atoms with Gasteiger partial charge in [-0.3, -0.25) is 0 Å². The van der Waals surface area contributed by atoms with Crippen molar-refractivity contribution in [3.63, 3.8) is 0 Å². The van der Waals surface area contributed by atoms with E-state index < -0.39 is 11.9 Å². The molecule has 29 heavy (non-hydrogen) atoms. The summed E-state index contributed by atoms with van der Waals surface area (Å²) >= 11 is 11.5. The van der Waals surface area contributed by atoms with E-state index in [9.17, 15) is 9.59 Å². The number of halogens is 1. The van der Waals surface area contributed by atoms with Crippen molar-refractivity contribution in [1.82, 2.24) is 14.8 Å². The van der Waals surface area contributed by atoms with Gasteiger partial charge in [-0.25, -0.2) is 14.6 Å². The lowest BCUT2D eigenvalue weighted by Crippen LogP contribution is -2.36. The summed E-state index contributed by atoms with van der Waals surface area (Å²) in [7, 11) is 1.99. The third-order valence-corrected chi connectivity index (χ3v) is 4.92. The largest absolute Gasteiger partial charge is 0.478 e. The lowest BCUT2D eigenvalue weighted by Gasteiger charge is -2.24. The van der Waals surface area contributed by atoms with Gasteiger partial charge in [0, 0.05) is 31.9 Å². The zero-order valence-corrected chi connectivity index (χ0v) is 18.2. The fourth-order valence-corrected chi connectivity index (χ4v) is 3.00. The molecule has 1 unspecified atom stereocenters. The highest BCUT2D eigenvalue weighted by atomic mass is 35.5. The number of ether oxygens (including phenoxy) is 1. The minimum Gasteiger partial charge on any atom is -0.478 e. The first kappa shape index (κ1) is 24.8. The number of carboxylic acids is 2. The molecule has 0 fully saturated rings. The zero-order chi connectivity index (χ0) is 22.0. The van der Waals surface area contributed by atoms with Gasteiger partial charge in [-0.2, -0.15) is 0 Å². The minimum absolute atomic E-state index is 0.0866. The molecule has 2 N–H and O–H groups in total. The Hall–Kier alpha value is -2.23. The minimum atomic E-state index is -1.26. The zero-order valence-electron chi connectivity index (χ0n) is 16.7. The number of carboxylic acid groups (broad SMARTS) is 2. The number of aliphatic carboxylic acids is 2. The Labute approximate surface area is 180 Å². The van der Waals surface area contributed by atoms with Crippen molar-refractivity contribution in [3.8, 4) is 5.88 Å². The average Bonchev–Trinajstić information content (AvgIpc) is 2.78. The Morgan fingerprint density at radius 2 is 1.93 bits per heavy atom. The van der Waals surface area contributed by atoms with Gasteiger partial charge >= 0.3 is 11.9 Å². The molecule has 1 aliphatic rings. The molecule has 0 amide bonds. The smallest absolute Gasteiger partial charge is 0.328 e. The van der Waals surface area contributed by atoms with E-state index >= 15 is 0 Å². The monoisotopic (exact) mass is 443 g/mol. The molecule has 0 bridgehead atoms. The first-order chi connectivity index (χ1) is 13.7. The van der Waals surface area contributed by atoms with Crippen molar-refractivity contribution >= 4 is 40.7 Å². The van der Waals surface area contributed by atoms with Crippen LogP contribution in [-0.4, -0.2) is 81.3 Å². The molecule has 0 aliphatic carbocycles. The highest BCUT2D eigenvalue weighted by molar-refractivity contribution is 7.80. The van der Waals surface area contributed by atoms with Gasteiger partial charge in [-0.05, 0) is 25.6 Å². The van der Waals surface area contributed by atoms with Crippen LogP contribution in [0.3, 0.4) is 0 Å². The summed E-state index contributed by atoms with van der Waals surface area (Å²) < 4.78 is 6.07. The first-order valence-electron chi connectivity index (χ1n) is 9.11. The van der Waals surface area contributed by atoms with Crippen LogP contribution >= 0.6 is 23.8 Å². The molecule has 0 saturated heterocycles. The van der Waals surface area contributed by atoms with E-state index in [0.717, 1.165) is 43.2 Å². The second-order valence-electron chi connectivity index (χ2n) is 6.26. The predicted molar refractivity (Wildman–Crippen MR) is 115 cm³/mol. The highest BCUT2D eigenvalue weighted by Gasteiger charge is 2.25. The van der Waals surface area contributed by atoms with Crippen molar-refractivity contribution < 1.29 is 24.5 Å². The number of fused-ring (bicyclic) bond motifs is 1. The third-order valence-electron chi connectivity index (χ3n) is 4.18. The topological polar surface area (TPSA) is 103 Å². The molecule has 2 rings (SSSR count). The van der Waals surface area contributed by atoms with Crippen molar-refractivity contribution in [2.45, 2.75) is 26.4 Å². The Balaban J connectivity index is 0.000000447. The van der Waals surface area contributed by atoms with E-state index in [1.165, 1.54) is 0 Å². The lowest BCUT2D eigenvalue weighted by molar-refractivity contribution is -0.134. The summed E-state index contributed by atoms with van der Waals surface area (Å²) in [6.07, 6.45) is 3.77. The maximum atomic E-state index is 9.55. The second kappa shape index (κ2) is 12.4. The van der Waals surface area contributed by atoms with Gasteiger partial charge < -0.3 is 24.7 Å². The number of aromatic nitrogens is 1. The summed E-state index contributed by atoms with van der Waals surface area (Å²) in [4.78, 5) is 28.6. The number of likely N-dealkylation sites (N-methyl/N-ethyl adjacent to an activating group) is 1. The van der Waals surface area contributed by atoms with Gasteiger partial charge in [0.25, 0.3) is 0 Å². The summed E-state index contributed by atoms with van der Waals surface area (Å²) in [5.41, 5.74) is 0.810. The van der Waals surface area contributed by atoms with Crippen molar-refractivity contribution in [1.29, 1.82) is 0 Å². The average molecular weight is 444 g/mol. The second-order valence-corrected chi connectivity index (χ2v) is 7.08. The summed E-state index contributed by atoms with van der Waals surface area (Å²) in [6, 6.07) is 1.83. The van der Waals surface area contributed by atoms with Gasteiger partial charge in [-0.1, -0.05) is 37.7 Å². The molecule has 1 aromatic heterocycles. The van der Waals surface area contributed by atoms with E-state index in [2.05, 4.69) is 23.7 Å². The fourth-order valence-electron chi connectivity index (χ4n) is 2.62. The van der Waals surface area contributed by atoms with Crippen LogP contribution in [0.4, 0.5) is 0 Å². The van der Waals surface area contributed by atoms with Crippen LogP contribution in [0.5, 0.6) is 5.88 Å². The van der Waals surface area contributed by atoms with Crippen LogP contribution in [0.15, 0.2) is 24.4 Å². The fraction of sp³-hybridized carbons (Fsp3) is 0.474. The van der Waals surface area contributed by atoms with Crippen LogP contribution in [-0.2, 0) is 9.59 Å². The molecule has 0 saturated carbocycles. The summed E-state index contributed by atoms with van der Waals surface area (Å²) in [5, 5.41) is 16.2. The Morgan fingerprint density at radius 3 is 2.45 bits per heavy atom. The molecule has 1 aromatic rings. The Kier molecular flexibility index (Phi) is 10.6. The van der Waals surface area contributed by atoms with Gasteiger partial charge in [0.15, 0.2) is 0 Å². The van der Waals surface area contributed by atoms with Gasteiger partial charge in [0.05, 0.1) is 17.1 Å². The van der Waals surface area contributed by atoms with Gasteiger partial charge in [0.2, 0.25) is 5.88 Å².